The lowest BCUT2D eigenvalue weighted by atomic mass is 10.0. The van der Waals surface area contributed by atoms with Crippen LogP contribution in [0.1, 0.15) is 0 Å². The number of phenolic OH excluding ortho intramolecular Hbond substituents is 1. The largest absolute Gasteiger partial charge is 0.505 e. The molecule has 0 atom stereocenters. The van der Waals surface area contributed by atoms with E-state index in [0.29, 0.717) is 11.5 Å². The van der Waals surface area contributed by atoms with Crippen LogP contribution in [0.25, 0.3) is 11.1 Å². The van der Waals surface area contributed by atoms with E-state index in [0.717, 1.165) is 11.1 Å². The summed E-state index contributed by atoms with van der Waals surface area (Å²) in [6, 6.07) is 9.64. The van der Waals surface area contributed by atoms with Crippen LogP contribution in [0.4, 0.5) is 4.39 Å². The summed E-state index contributed by atoms with van der Waals surface area (Å²) in [7, 11) is 0. The number of halogens is 1. The number of benzene rings is 2. The smallest absolute Gasteiger partial charge is 0.231 e. The first-order valence-electron chi connectivity index (χ1n) is 5.12. The lowest BCUT2D eigenvalue weighted by Gasteiger charge is -2.04. The van der Waals surface area contributed by atoms with E-state index in [4.69, 9.17) is 9.47 Å². The molecule has 0 unspecified atom stereocenters. The Labute approximate surface area is 97.0 Å². The predicted molar refractivity (Wildman–Crippen MR) is 59.6 cm³/mol. The molecule has 0 bridgehead atoms. The van der Waals surface area contributed by atoms with Crippen molar-refractivity contribution >= 4 is 0 Å². The Hall–Kier alpha value is -2.23. The van der Waals surface area contributed by atoms with Gasteiger partial charge in [-0.1, -0.05) is 12.1 Å². The Balaban J connectivity index is 2.06. The van der Waals surface area contributed by atoms with Crippen molar-refractivity contribution in [2.45, 2.75) is 0 Å². The van der Waals surface area contributed by atoms with E-state index < -0.39 is 5.82 Å². The second-order valence-corrected chi connectivity index (χ2v) is 3.73. The maximum Gasteiger partial charge on any atom is 0.231 e. The van der Waals surface area contributed by atoms with E-state index in [-0.39, 0.29) is 12.5 Å². The van der Waals surface area contributed by atoms with Gasteiger partial charge in [0.15, 0.2) is 23.1 Å². The molecule has 2 aromatic carbocycles. The fourth-order valence-electron chi connectivity index (χ4n) is 1.77. The normalized spacial score (nSPS) is 12.8. The van der Waals surface area contributed by atoms with Gasteiger partial charge in [-0.3, -0.25) is 0 Å². The molecule has 0 amide bonds. The van der Waals surface area contributed by atoms with Gasteiger partial charge >= 0.3 is 0 Å². The highest BCUT2D eigenvalue weighted by molar-refractivity contribution is 5.68. The minimum absolute atomic E-state index is 0.216. The molecule has 1 N–H and O–H groups in total. The van der Waals surface area contributed by atoms with Gasteiger partial charge in [0.05, 0.1) is 0 Å². The van der Waals surface area contributed by atoms with Gasteiger partial charge in [0.2, 0.25) is 6.79 Å². The molecule has 0 fully saturated rings. The fraction of sp³-hybridized carbons (Fsp3) is 0.0769. The molecule has 2 aromatic rings. The van der Waals surface area contributed by atoms with Crippen LogP contribution in [-0.2, 0) is 0 Å². The Kier molecular flexibility index (Phi) is 2.14. The topological polar surface area (TPSA) is 38.7 Å². The molecule has 3 rings (SSSR count). The van der Waals surface area contributed by atoms with Crippen LogP contribution in [0, 0.1) is 5.82 Å². The Morgan fingerprint density at radius 2 is 1.65 bits per heavy atom. The number of phenols is 1. The molecule has 1 aliphatic heterocycles. The fourth-order valence-corrected chi connectivity index (χ4v) is 1.77. The summed E-state index contributed by atoms with van der Waals surface area (Å²) in [6.45, 7) is 0.216. The molecule has 1 heterocycles. The van der Waals surface area contributed by atoms with Crippen molar-refractivity contribution in [3.05, 3.63) is 42.2 Å². The molecule has 0 saturated heterocycles. The SMILES string of the molecule is Oc1cc(-c2ccc3c(c2)OCO3)ccc1F. The quantitative estimate of drug-likeness (QED) is 0.821. The van der Waals surface area contributed by atoms with Crippen LogP contribution < -0.4 is 9.47 Å². The van der Waals surface area contributed by atoms with Crippen LogP contribution in [0.5, 0.6) is 17.2 Å². The Bertz CT molecular complexity index is 581. The van der Waals surface area contributed by atoms with Crippen molar-refractivity contribution in [3.63, 3.8) is 0 Å². The summed E-state index contributed by atoms with van der Waals surface area (Å²) in [5, 5.41) is 9.32. The average molecular weight is 232 g/mol. The number of aromatic hydroxyl groups is 1. The van der Waals surface area contributed by atoms with Crippen LogP contribution >= 0.6 is 0 Å². The summed E-state index contributed by atoms with van der Waals surface area (Å²) in [6.07, 6.45) is 0. The Morgan fingerprint density at radius 3 is 2.47 bits per heavy atom. The zero-order chi connectivity index (χ0) is 11.8. The van der Waals surface area contributed by atoms with Gasteiger partial charge in [0.25, 0.3) is 0 Å². The molecule has 86 valence electrons. The van der Waals surface area contributed by atoms with Crippen LogP contribution in [0.3, 0.4) is 0 Å². The number of fused-ring (bicyclic) bond motifs is 1. The summed E-state index contributed by atoms with van der Waals surface area (Å²) >= 11 is 0. The minimum atomic E-state index is -0.630. The molecular formula is C13H9FO3. The standard InChI is InChI=1S/C13H9FO3/c14-10-3-1-8(5-11(10)15)9-2-4-12-13(6-9)17-7-16-12/h1-6,15H,7H2. The average Bonchev–Trinajstić information content (AvgIpc) is 2.79. The highest BCUT2D eigenvalue weighted by Crippen LogP contribution is 2.36. The van der Waals surface area contributed by atoms with Gasteiger partial charge in [-0.05, 0) is 35.4 Å². The van der Waals surface area contributed by atoms with Crippen molar-refractivity contribution in [2.75, 3.05) is 6.79 Å². The van der Waals surface area contributed by atoms with Gasteiger partial charge in [0, 0.05) is 0 Å². The van der Waals surface area contributed by atoms with Gasteiger partial charge in [-0.2, -0.15) is 0 Å². The van der Waals surface area contributed by atoms with Gasteiger partial charge in [-0.25, -0.2) is 4.39 Å². The zero-order valence-electron chi connectivity index (χ0n) is 8.81. The van der Waals surface area contributed by atoms with Gasteiger partial charge in [-0.15, -0.1) is 0 Å². The zero-order valence-corrected chi connectivity index (χ0v) is 8.81. The first kappa shape index (κ1) is 9.96. The molecule has 0 spiro atoms. The van der Waals surface area contributed by atoms with E-state index in [9.17, 15) is 9.50 Å². The molecular weight excluding hydrogens is 223 g/mol. The summed E-state index contributed by atoms with van der Waals surface area (Å²) in [5.41, 5.74) is 1.56. The summed E-state index contributed by atoms with van der Waals surface area (Å²) in [4.78, 5) is 0. The van der Waals surface area contributed by atoms with Gasteiger partial charge in [0.1, 0.15) is 0 Å². The summed E-state index contributed by atoms with van der Waals surface area (Å²) in [5.74, 6) is 0.362. The molecule has 0 aliphatic carbocycles. The molecule has 4 heteroatoms. The monoisotopic (exact) mass is 232 g/mol. The van der Waals surface area contributed by atoms with E-state index in [1.807, 2.05) is 6.07 Å². The van der Waals surface area contributed by atoms with Crippen molar-refractivity contribution in [3.8, 4) is 28.4 Å². The maximum atomic E-state index is 12.9. The summed E-state index contributed by atoms with van der Waals surface area (Å²) < 4.78 is 23.4. The predicted octanol–water partition coefficient (Wildman–Crippen LogP) is 2.93. The molecule has 3 nitrogen and oxygen atoms in total. The van der Waals surface area contributed by atoms with E-state index in [1.54, 1.807) is 18.2 Å². The van der Waals surface area contributed by atoms with Crippen molar-refractivity contribution < 1.29 is 19.0 Å². The van der Waals surface area contributed by atoms with E-state index >= 15 is 0 Å². The van der Waals surface area contributed by atoms with Crippen LogP contribution in [0.15, 0.2) is 36.4 Å². The molecule has 0 radical (unpaired) electrons. The molecule has 1 aliphatic rings. The first-order valence-corrected chi connectivity index (χ1v) is 5.12. The van der Waals surface area contributed by atoms with E-state index in [2.05, 4.69) is 0 Å². The minimum Gasteiger partial charge on any atom is -0.505 e. The molecule has 17 heavy (non-hydrogen) atoms. The first-order chi connectivity index (χ1) is 8.24. The lowest BCUT2D eigenvalue weighted by Crippen LogP contribution is -1.92. The molecule has 0 saturated carbocycles. The molecule has 0 aromatic heterocycles. The van der Waals surface area contributed by atoms with Gasteiger partial charge < -0.3 is 14.6 Å². The van der Waals surface area contributed by atoms with Crippen molar-refractivity contribution in [2.24, 2.45) is 0 Å². The number of hydrogen-bond acceptors (Lipinski definition) is 3. The third-order valence-electron chi connectivity index (χ3n) is 2.65. The second kappa shape index (κ2) is 3.66. The maximum absolute atomic E-state index is 12.9. The van der Waals surface area contributed by atoms with Crippen LogP contribution in [-0.4, -0.2) is 11.9 Å². The third kappa shape index (κ3) is 1.67. The van der Waals surface area contributed by atoms with Crippen molar-refractivity contribution in [1.29, 1.82) is 0 Å². The number of rotatable bonds is 1. The highest BCUT2D eigenvalue weighted by atomic mass is 19.1. The van der Waals surface area contributed by atoms with Crippen molar-refractivity contribution in [1.82, 2.24) is 0 Å². The number of hydrogen-bond donors (Lipinski definition) is 1. The number of ether oxygens (including phenoxy) is 2. The van der Waals surface area contributed by atoms with Crippen LogP contribution in [0.2, 0.25) is 0 Å². The highest BCUT2D eigenvalue weighted by Gasteiger charge is 2.14. The third-order valence-corrected chi connectivity index (χ3v) is 2.65. The second-order valence-electron chi connectivity index (χ2n) is 3.73. The van der Waals surface area contributed by atoms with E-state index in [1.165, 1.54) is 12.1 Å². The Morgan fingerprint density at radius 1 is 0.941 bits per heavy atom. The lowest BCUT2D eigenvalue weighted by molar-refractivity contribution is 0.174.